The van der Waals surface area contributed by atoms with Gasteiger partial charge in [0.05, 0.1) is 19.4 Å². The van der Waals surface area contributed by atoms with Gasteiger partial charge in [-0.05, 0) is 26.1 Å². The quantitative estimate of drug-likeness (QED) is 0.850. The van der Waals surface area contributed by atoms with E-state index in [0.29, 0.717) is 19.1 Å². The van der Waals surface area contributed by atoms with Gasteiger partial charge in [0.1, 0.15) is 17.9 Å². The molecule has 0 bridgehead atoms. The molecule has 3 heterocycles. The summed E-state index contributed by atoms with van der Waals surface area (Å²) < 4.78 is 5.20. The van der Waals surface area contributed by atoms with E-state index in [1.54, 1.807) is 12.6 Å². The monoisotopic (exact) mass is 315 g/mol. The molecule has 122 valence electrons. The van der Waals surface area contributed by atoms with E-state index in [9.17, 15) is 4.79 Å². The van der Waals surface area contributed by atoms with E-state index in [1.165, 1.54) is 0 Å². The highest BCUT2D eigenvalue weighted by Gasteiger charge is 2.32. The Hall–Kier alpha value is -2.41. The van der Waals surface area contributed by atoms with Gasteiger partial charge < -0.3 is 14.6 Å². The first kappa shape index (κ1) is 15.5. The second-order valence-electron chi connectivity index (χ2n) is 5.86. The summed E-state index contributed by atoms with van der Waals surface area (Å²) in [4.78, 5) is 24.6. The number of nitrogens with zero attached hydrogens (tertiary/aromatic N) is 4. The molecule has 0 unspecified atom stereocenters. The first-order valence-corrected chi connectivity index (χ1v) is 7.64. The zero-order valence-corrected chi connectivity index (χ0v) is 13.4. The second kappa shape index (κ2) is 6.78. The number of likely N-dealkylation sites (N-methyl/N-ethyl adjacent to an activating group) is 1. The van der Waals surface area contributed by atoms with E-state index in [4.69, 9.17) is 4.42 Å². The summed E-state index contributed by atoms with van der Waals surface area (Å²) in [5.74, 6) is 1.74. The van der Waals surface area contributed by atoms with Gasteiger partial charge in [-0.25, -0.2) is 9.97 Å². The fourth-order valence-corrected chi connectivity index (χ4v) is 2.64. The first-order chi connectivity index (χ1) is 11.1. The maximum absolute atomic E-state index is 12.0. The molecular weight excluding hydrogens is 294 g/mol. The summed E-state index contributed by atoms with van der Waals surface area (Å²) in [6.07, 6.45) is 4.99. The molecule has 1 aliphatic rings. The van der Waals surface area contributed by atoms with Crippen LogP contribution in [0, 0.1) is 6.92 Å². The summed E-state index contributed by atoms with van der Waals surface area (Å²) in [6.45, 7) is 4.56. The summed E-state index contributed by atoms with van der Waals surface area (Å²) in [7, 11) is 1.97. The maximum atomic E-state index is 12.0. The Balaban J connectivity index is 1.42. The number of anilines is 1. The number of carbonyl (C=O) groups excluding carboxylic acids is 1. The van der Waals surface area contributed by atoms with Crippen LogP contribution in [0.4, 0.5) is 5.82 Å². The zero-order valence-electron chi connectivity index (χ0n) is 13.4. The van der Waals surface area contributed by atoms with Crippen molar-refractivity contribution in [1.29, 1.82) is 0 Å². The molecule has 7 nitrogen and oxygen atoms in total. The molecule has 3 rings (SSSR count). The average Bonchev–Trinajstić information content (AvgIpc) is 2.99. The Morgan fingerprint density at radius 1 is 1.52 bits per heavy atom. The Labute approximate surface area is 135 Å². The Kier molecular flexibility index (Phi) is 4.57. The van der Waals surface area contributed by atoms with Gasteiger partial charge in [-0.15, -0.1) is 0 Å². The van der Waals surface area contributed by atoms with Crippen LogP contribution < -0.4 is 10.2 Å². The minimum atomic E-state index is 0.000525. The molecule has 0 atom stereocenters. The van der Waals surface area contributed by atoms with Crippen molar-refractivity contribution in [3.8, 4) is 0 Å². The Morgan fingerprint density at radius 2 is 2.35 bits per heavy atom. The van der Waals surface area contributed by atoms with E-state index in [2.05, 4.69) is 25.1 Å². The lowest BCUT2D eigenvalue weighted by molar-refractivity contribution is -0.122. The molecule has 1 fully saturated rings. The summed E-state index contributed by atoms with van der Waals surface area (Å²) >= 11 is 0. The van der Waals surface area contributed by atoms with Crippen molar-refractivity contribution >= 4 is 11.7 Å². The summed E-state index contributed by atoms with van der Waals surface area (Å²) in [5, 5.41) is 2.86. The number of hydrogen-bond donors (Lipinski definition) is 1. The molecule has 1 amide bonds. The van der Waals surface area contributed by atoms with E-state index < -0.39 is 0 Å². The molecule has 2 aromatic rings. The minimum Gasteiger partial charge on any atom is -0.467 e. The summed E-state index contributed by atoms with van der Waals surface area (Å²) in [5.41, 5.74) is 1.07. The maximum Gasteiger partial charge on any atom is 0.234 e. The molecule has 0 spiro atoms. The number of amides is 1. The molecular formula is C16H21N5O2. The third-order valence-electron chi connectivity index (χ3n) is 4.09. The number of rotatable bonds is 6. The van der Waals surface area contributed by atoms with Crippen LogP contribution in [-0.4, -0.2) is 53.5 Å². The number of aromatic nitrogens is 2. The highest BCUT2D eigenvalue weighted by Crippen LogP contribution is 2.23. The van der Waals surface area contributed by atoms with Crippen LogP contribution in [0.1, 0.15) is 11.3 Å². The molecule has 23 heavy (non-hydrogen) atoms. The van der Waals surface area contributed by atoms with Gasteiger partial charge in [0, 0.05) is 30.9 Å². The predicted octanol–water partition coefficient (Wildman–Crippen LogP) is 0.815. The van der Waals surface area contributed by atoms with Crippen LogP contribution in [0.25, 0.3) is 0 Å². The van der Waals surface area contributed by atoms with Crippen molar-refractivity contribution in [2.24, 2.45) is 0 Å². The lowest BCUT2D eigenvalue weighted by Gasteiger charge is -2.44. The standard InChI is InChI=1S/C16H21N5O2/c1-12-6-17-11-19-16(12)21-8-13(9-21)20(2)10-15(22)18-7-14-4-3-5-23-14/h3-6,11,13H,7-10H2,1-2H3,(H,18,22). The normalized spacial score (nSPS) is 14.8. The van der Waals surface area contributed by atoms with Gasteiger partial charge in [-0.2, -0.15) is 0 Å². The molecule has 1 aliphatic heterocycles. The van der Waals surface area contributed by atoms with Gasteiger partial charge >= 0.3 is 0 Å². The van der Waals surface area contributed by atoms with Crippen LogP contribution in [0.15, 0.2) is 35.3 Å². The largest absolute Gasteiger partial charge is 0.467 e. The van der Waals surface area contributed by atoms with Crippen molar-refractivity contribution in [2.45, 2.75) is 19.5 Å². The minimum absolute atomic E-state index is 0.000525. The van der Waals surface area contributed by atoms with Crippen LogP contribution in [0.2, 0.25) is 0 Å². The van der Waals surface area contributed by atoms with Crippen LogP contribution in [0.3, 0.4) is 0 Å². The third-order valence-corrected chi connectivity index (χ3v) is 4.09. The highest BCUT2D eigenvalue weighted by atomic mass is 16.3. The van der Waals surface area contributed by atoms with E-state index in [-0.39, 0.29) is 5.91 Å². The second-order valence-corrected chi connectivity index (χ2v) is 5.86. The number of furan rings is 1. The van der Waals surface area contributed by atoms with Gasteiger partial charge in [-0.3, -0.25) is 9.69 Å². The summed E-state index contributed by atoms with van der Waals surface area (Å²) in [6, 6.07) is 4.02. The van der Waals surface area contributed by atoms with Crippen molar-refractivity contribution in [2.75, 3.05) is 31.6 Å². The SMILES string of the molecule is Cc1cncnc1N1CC(N(C)CC(=O)NCc2ccco2)C1. The molecule has 0 saturated carbocycles. The van der Waals surface area contributed by atoms with Gasteiger partial charge in [-0.1, -0.05) is 0 Å². The van der Waals surface area contributed by atoms with Crippen LogP contribution in [-0.2, 0) is 11.3 Å². The fourth-order valence-electron chi connectivity index (χ4n) is 2.64. The first-order valence-electron chi connectivity index (χ1n) is 7.64. The number of carbonyl (C=O) groups is 1. The topological polar surface area (TPSA) is 74.5 Å². The van der Waals surface area contributed by atoms with Crippen LogP contribution >= 0.6 is 0 Å². The van der Waals surface area contributed by atoms with E-state index in [1.807, 2.05) is 32.3 Å². The van der Waals surface area contributed by atoms with E-state index in [0.717, 1.165) is 30.2 Å². The molecule has 2 aromatic heterocycles. The smallest absolute Gasteiger partial charge is 0.234 e. The molecule has 0 aromatic carbocycles. The highest BCUT2D eigenvalue weighted by molar-refractivity contribution is 5.78. The fraction of sp³-hybridized carbons (Fsp3) is 0.438. The van der Waals surface area contributed by atoms with Gasteiger partial charge in [0.2, 0.25) is 5.91 Å². The zero-order chi connectivity index (χ0) is 16.2. The van der Waals surface area contributed by atoms with Crippen molar-refractivity contribution in [1.82, 2.24) is 20.2 Å². The van der Waals surface area contributed by atoms with Crippen molar-refractivity contribution in [3.05, 3.63) is 42.2 Å². The average molecular weight is 315 g/mol. The van der Waals surface area contributed by atoms with Crippen molar-refractivity contribution < 1.29 is 9.21 Å². The van der Waals surface area contributed by atoms with Crippen molar-refractivity contribution in [3.63, 3.8) is 0 Å². The molecule has 7 heteroatoms. The number of aryl methyl sites for hydroxylation is 1. The Bertz CT molecular complexity index is 652. The molecule has 1 saturated heterocycles. The molecule has 1 N–H and O–H groups in total. The Morgan fingerprint density at radius 3 is 3.04 bits per heavy atom. The van der Waals surface area contributed by atoms with Crippen LogP contribution in [0.5, 0.6) is 0 Å². The predicted molar refractivity (Wildman–Crippen MR) is 86.0 cm³/mol. The number of hydrogen-bond acceptors (Lipinski definition) is 6. The lowest BCUT2D eigenvalue weighted by Crippen LogP contribution is -2.60. The lowest BCUT2D eigenvalue weighted by atomic mass is 10.1. The number of nitrogens with one attached hydrogen (secondary N) is 1. The van der Waals surface area contributed by atoms with Gasteiger partial charge in [0.25, 0.3) is 0 Å². The third kappa shape index (κ3) is 3.68. The van der Waals surface area contributed by atoms with E-state index >= 15 is 0 Å². The molecule has 0 radical (unpaired) electrons. The molecule has 0 aliphatic carbocycles. The van der Waals surface area contributed by atoms with Gasteiger partial charge in [0.15, 0.2) is 0 Å².